The van der Waals surface area contributed by atoms with E-state index >= 15 is 0 Å². The lowest BCUT2D eigenvalue weighted by atomic mass is 9.99. The van der Waals surface area contributed by atoms with Gasteiger partial charge in [-0.25, -0.2) is 9.48 Å². The van der Waals surface area contributed by atoms with Gasteiger partial charge in [-0.15, -0.1) is 0 Å². The summed E-state index contributed by atoms with van der Waals surface area (Å²) < 4.78 is 12.5. The molecule has 5 rings (SSSR count). The Morgan fingerprint density at radius 3 is 2.54 bits per heavy atom. The van der Waals surface area contributed by atoms with Gasteiger partial charge in [-0.3, -0.25) is 19.5 Å². The number of urea groups is 1. The fraction of sp³-hybridized carbons (Fsp3) is 0.439. The maximum Gasteiger partial charge on any atom is 0.323 e. The number of carbonyl (C=O) groups excluding carboxylic acids is 2. The van der Waals surface area contributed by atoms with Gasteiger partial charge in [0.05, 0.1) is 29.6 Å². The van der Waals surface area contributed by atoms with E-state index in [2.05, 4.69) is 30.9 Å². The van der Waals surface area contributed by atoms with Crippen molar-refractivity contribution in [3.63, 3.8) is 0 Å². The van der Waals surface area contributed by atoms with E-state index in [0.29, 0.717) is 59.6 Å². The molecule has 0 aliphatic carbocycles. The third-order valence-corrected chi connectivity index (χ3v) is 9.87. The van der Waals surface area contributed by atoms with Gasteiger partial charge in [0.1, 0.15) is 11.4 Å². The summed E-state index contributed by atoms with van der Waals surface area (Å²) in [5, 5.41) is 13.3. The molecule has 13 heteroatoms. The number of unbranched alkanes of at least 4 members (excludes halogenated alkanes) is 4. The van der Waals surface area contributed by atoms with Crippen LogP contribution in [0.2, 0.25) is 5.02 Å². The summed E-state index contributed by atoms with van der Waals surface area (Å²) in [6.07, 6.45) is 11.0. The van der Waals surface area contributed by atoms with E-state index in [1.807, 2.05) is 43.3 Å². The van der Waals surface area contributed by atoms with Crippen LogP contribution in [0.3, 0.4) is 0 Å². The Balaban J connectivity index is 1.23. The van der Waals surface area contributed by atoms with Gasteiger partial charge in [0.25, 0.3) is 11.5 Å². The van der Waals surface area contributed by atoms with E-state index in [9.17, 15) is 14.4 Å². The van der Waals surface area contributed by atoms with E-state index < -0.39 is 11.6 Å². The molecule has 1 saturated heterocycles. The van der Waals surface area contributed by atoms with Gasteiger partial charge in [-0.1, -0.05) is 49.1 Å². The number of nitrogens with zero attached hydrogens (tertiary/aromatic N) is 4. The lowest BCUT2D eigenvalue weighted by Crippen LogP contribution is -2.33. The predicted molar refractivity (Wildman–Crippen MR) is 215 cm³/mol. The first-order valence-electron chi connectivity index (χ1n) is 18.9. The molecular weight excluding hydrogens is 706 g/mol. The molecule has 54 heavy (non-hydrogen) atoms. The van der Waals surface area contributed by atoms with Crippen LogP contribution in [-0.2, 0) is 11.3 Å². The second-order valence-corrected chi connectivity index (χ2v) is 13.9. The number of anilines is 2. The van der Waals surface area contributed by atoms with Crippen molar-refractivity contribution >= 4 is 34.9 Å². The number of hydrogen-bond donors (Lipinski definition) is 3. The number of likely N-dealkylation sites (tertiary alicyclic amines) is 1. The Labute approximate surface area is 322 Å². The molecule has 1 aliphatic heterocycles. The molecule has 3 amide bonds. The largest absolute Gasteiger partial charge is 0.494 e. The minimum absolute atomic E-state index is 0.0584. The standard InChI is InChI=1S/C41H52ClN7O5/c1-5-49-40(51)37(45-41(52)46-38-28(3)25-43-26-35(38)42)24-36(47-49)30-15-12-14-29(20-30)31-21-32(23-34(22-31)54-6-2)39(50)44-17-10-8-7-9-11-18-48-19-13-16-33(48)27-53-4/h12,14-15,20-26,33H,5-11,13,16-19,27H2,1-4H3,(H,44,50)(H2,43,45,46,52)/t33-/m1/s1. The van der Waals surface area contributed by atoms with E-state index in [4.69, 9.17) is 21.1 Å². The second kappa shape index (κ2) is 20.1. The molecule has 0 unspecified atom stereocenters. The van der Waals surface area contributed by atoms with Gasteiger partial charge < -0.3 is 25.4 Å². The first-order chi connectivity index (χ1) is 26.2. The van der Waals surface area contributed by atoms with Crippen molar-refractivity contribution in [1.82, 2.24) is 25.0 Å². The van der Waals surface area contributed by atoms with Gasteiger partial charge in [-0.2, -0.15) is 5.10 Å². The van der Waals surface area contributed by atoms with Crippen molar-refractivity contribution in [2.75, 3.05) is 50.6 Å². The van der Waals surface area contributed by atoms with Crippen molar-refractivity contribution in [2.45, 2.75) is 78.3 Å². The number of nitrogens with one attached hydrogen (secondary N) is 3. The highest BCUT2D eigenvalue weighted by Gasteiger charge is 2.23. The summed E-state index contributed by atoms with van der Waals surface area (Å²) in [7, 11) is 1.78. The zero-order valence-electron chi connectivity index (χ0n) is 31.8. The number of amides is 3. The molecule has 12 nitrogen and oxygen atoms in total. The fourth-order valence-electron chi connectivity index (χ4n) is 6.79. The molecule has 3 heterocycles. The van der Waals surface area contributed by atoms with Gasteiger partial charge in [-0.05, 0) is 107 Å². The minimum Gasteiger partial charge on any atom is -0.494 e. The Morgan fingerprint density at radius 2 is 1.76 bits per heavy atom. The lowest BCUT2D eigenvalue weighted by Gasteiger charge is -2.23. The molecule has 0 bridgehead atoms. The Kier molecular flexibility index (Phi) is 15.0. The first kappa shape index (κ1) is 40.4. The Hall–Kier alpha value is -4.78. The van der Waals surface area contributed by atoms with Crippen LogP contribution in [0.25, 0.3) is 22.4 Å². The second-order valence-electron chi connectivity index (χ2n) is 13.5. The Morgan fingerprint density at radius 1 is 0.963 bits per heavy atom. The van der Waals surface area contributed by atoms with Crippen LogP contribution in [0.4, 0.5) is 16.2 Å². The smallest absolute Gasteiger partial charge is 0.323 e. The lowest BCUT2D eigenvalue weighted by molar-refractivity contribution is 0.0952. The van der Waals surface area contributed by atoms with Gasteiger partial charge in [0.2, 0.25) is 0 Å². The molecular formula is C41H52ClN7O5. The first-order valence-corrected chi connectivity index (χ1v) is 19.3. The average molecular weight is 758 g/mol. The third kappa shape index (κ3) is 10.9. The van der Waals surface area contributed by atoms with Crippen LogP contribution in [0, 0.1) is 6.92 Å². The van der Waals surface area contributed by atoms with Crippen LogP contribution in [0.15, 0.2) is 65.7 Å². The summed E-state index contributed by atoms with van der Waals surface area (Å²) in [5.74, 6) is 0.442. The topological polar surface area (TPSA) is 140 Å². The molecule has 2 aromatic carbocycles. The van der Waals surface area contributed by atoms with Crippen molar-refractivity contribution < 1.29 is 19.1 Å². The maximum absolute atomic E-state index is 13.3. The summed E-state index contributed by atoms with van der Waals surface area (Å²) in [6.45, 7) is 9.96. The van der Waals surface area contributed by atoms with E-state index in [1.165, 1.54) is 43.1 Å². The fourth-order valence-corrected chi connectivity index (χ4v) is 7.05. The minimum atomic E-state index is -0.625. The zero-order valence-corrected chi connectivity index (χ0v) is 32.5. The van der Waals surface area contributed by atoms with E-state index in [0.717, 1.165) is 43.5 Å². The summed E-state index contributed by atoms with van der Waals surface area (Å²) in [4.78, 5) is 46.1. The number of aromatic nitrogens is 3. The Bertz CT molecular complexity index is 1930. The quantitative estimate of drug-likeness (QED) is 0.0875. The summed E-state index contributed by atoms with van der Waals surface area (Å²) >= 11 is 6.24. The number of hydrogen-bond acceptors (Lipinski definition) is 8. The third-order valence-electron chi connectivity index (χ3n) is 9.59. The van der Waals surface area contributed by atoms with Crippen molar-refractivity contribution in [2.24, 2.45) is 0 Å². The van der Waals surface area contributed by atoms with Gasteiger partial charge >= 0.3 is 6.03 Å². The molecule has 288 valence electrons. The molecule has 0 saturated carbocycles. The van der Waals surface area contributed by atoms with E-state index in [1.54, 1.807) is 39.3 Å². The highest BCUT2D eigenvalue weighted by Crippen LogP contribution is 2.30. The molecule has 4 aromatic rings. The number of aryl methyl sites for hydroxylation is 2. The molecule has 3 N–H and O–H groups in total. The van der Waals surface area contributed by atoms with Crippen molar-refractivity contribution in [3.8, 4) is 28.1 Å². The van der Waals surface area contributed by atoms with Crippen LogP contribution < -0.4 is 26.2 Å². The number of methoxy groups -OCH3 is 1. The number of ether oxygens (including phenoxy) is 2. The zero-order chi connectivity index (χ0) is 38.5. The van der Waals surface area contributed by atoms with Crippen LogP contribution >= 0.6 is 11.6 Å². The number of halogens is 1. The monoisotopic (exact) mass is 757 g/mol. The van der Waals surface area contributed by atoms with Crippen LogP contribution in [0.5, 0.6) is 5.75 Å². The highest BCUT2D eigenvalue weighted by molar-refractivity contribution is 6.33. The summed E-state index contributed by atoms with van der Waals surface area (Å²) in [6, 6.07) is 14.7. The normalized spacial score (nSPS) is 14.2. The molecule has 0 radical (unpaired) electrons. The number of rotatable bonds is 18. The van der Waals surface area contributed by atoms with Gasteiger partial charge in [0, 0.05) is 49.8 Å². The van der Waals surface area contributed by atoms with E-state index in [-0.39, 0.29) is 16.6 Å². The molecule has 1 fully saturated rings. The van der Waals surface area contributed by atoms with Crippen LogP contribution in [0.1, 0.15) is 74.7 Å². The number of carbonyl (C=O) groups is 2. The van der Waals surface area contributed by atoms with Crippen molar-refractivity contribution in [1.29, 1.82) is 0 Å². The molecule has 1 atom stereocenters. The number of pyridine rings is 1. The SMILES string of the molecule is CCOc1cc(C(=O)NCCCCCCCN2CCC[C@@H]2COC)cc(-c2cccc(-c3cc(NC(=O)Nc4c(C)cncc4Cl)c(=O)n(CC)n3)c2)c1. The number of benzene rings is 2. The van der Waals surface area contributed by atoms with Crippen LogP contribution in [-0.4, -0.2) is 77.6 Å². The van der Waals surface area contributed by atoms with Gasteiger partial charge in [0.15, 0.2) is 0 Å². The summed E-state index contributed by atoms with van der Waals surface area (Å²) in [5.41, 5.74) is 4.03. The molecule has 1 aliphatic rings. The average Bonchev–Trinajstić information content (AvgIpc) is 3.61. The van der Waals surface area contributed by atoms with Crippen molar-refractivity contribution in [3.05, 3.63) is 87.4 Å². The maximum atomic E-state index is 13.3. The molecule has 0 spiro atoms. The molecule has 2 aromatic heterocycles. The highest BCUT2D eigenvalue weighted by atomic mass is 35.5. The predicted octanol–water partition coefficient (Wildman–Crippen LogP) is 7.79.